The Morgan fingerprint density at radius 3 is 2.55 bits per heavy atom. The summed E-state index contributed by atoms with van der Waals surface area (Å²) in [6, 6.07) is 13.6. The number of hydrogen-bond acceptors (Lipinski definition) is 4. The summed E-state index contributed by atoms with van der Waals surface area (Å²) in [4.78, 5) is 11.1. The highest BCUT2D eigenvalue weighted by molar-refractivity contribution is 5.96. The number of nitriles is 1. The van der Waals surface area contributed by atoms with Crippen molar-refractivity contribution in [1.29, 1.82) is 5.26 Å². The van der Waals surface area contributed by atoms with E-state index in [1.807, 2.05) is 6.07 Å². The molecule has 5 nitrogen and oxygen atoms in total. The monoisotopic (exact) mass is 268 g/mol. The number of ether oxygens (including phenoxy) is 1. The summed E-state index contributed by atoms with van der Waals surface area (Å²) in [5, 5.41) is 17.8. The fraction of sp³-hybridized carbons (Fsp3) is 0.0667. The third-order valence-corrected chi connectivity index (χ3v) is 2.75. The van der Waals surface area contributed by atoms with Crippen molar-refractivity contribution in [3.63, 3.8) is 0 Å². The molecule has 0 saturated heterocycles. The van der Waals surface area contributed by atoms with Crippen LogP contribution >= 0.6 is 0 Å². The van der Waals surface area contributed by atoms with Gasteiger partial charge in [0.2, 0.25) is 0 Å². The molecule has 2 rings (SSSR count). The summed E-state index contributed by atoms with van der Waals surface area (Å²) in [7, 11) is 0. The number of carboxylic acid groups (broad SMARTS) is 1. The van der Waals surface area contributed by atoms with E-state index in [9.17, 15) is 4.79 Å². The first-order valence-electron chi connectivity index (χ1n) is 5.85. The van der Waals surface area contributed by atoms with Crippen LogP contribution in [0.15, 0.2) is 42.5 Å². The number of rotatable bonds is 4. The highest BCUT2D eigenvalue weighted by Gasteiger charge is 2.14. The Kier molecular flexibility index (Phi) is 3.87. The molecule has 5 heteroatoms. The molecule has 20 heavy (non-hydrogen) atoms. The van der Waals surface area contributed by atoms with Crippen LogP contribution in [0.2, 0.25) is 0 Å². The predicted molar refractivity (Wildman–Crippen MR) is 73.3 cm³/mol. The second kappa shape index (κ2) is 5.76. The third kappa shape index (κ3) is 2.87. The van der Waals surface area contributed by atoms with Crippen molar-refractivity contribution in [2.75, 3.05) is 5.73 Å². The molecule has 0 aliphatic rings. The molecule has 100 valence electrons. The lowest BCUT2D eigenvalue weighted by molar-refractivity contribution is 0.0693. The van der Waals surface area contributed by atoms with E-state index in [2.05, 4.69) is 0 Å². The summed E-state index contributed by atoms with van der Waals surface area (Å²) < 4.78 is 5.50. The van der Waals surface area contributed by atoms with Gasteiger partial charge in [0.1, 0.15) is 17.9 Å². The van der Waals surface area contributed by atoms with Gasteiger partial charge in [-0.3, -0.25) is 0 Å². The van der Waals surface area contributed by atoms with Gasteiger partial charge in [-0.05, 0) is 29.8 Å². The zero-order chi connectivity index (χ0) is 14.5. The maximum Gasteiger partial charge on any atom is 0.341 e. The molecule has 0 aromatic heterocycles. The molecule has 0 bridgehead atoms. The Hall–Kier alpha value is -3.00. The van der Waals surface area contributed by atoms with Crippen molar-refractivity contribution in [3.8, 4) is 11.8 Å². The maximum atomic E-state index is 11.1. The van der Waals surface area contributed by atoms with Gasteiger partial charge in [-0.2, -0.15) is 5.26 Å². The minimum absolute atomic E-state index is 0.0406. The first-order chi connectivity index (χ1) is 9.61. The number of anilines is 1. The van der Waals surface area contributed by atoms with Crippen LogP contribution in [0.5, 0.6) is 5.75 Å². The van der Waals surface area contributed by atoms with E-state index in [0.717, 1.165) is 5.56 Å². The molecule has 0 saturated carbocycles. The molecule has 2 aromatic rings. The van der Waals surface area contributed by atoms with Crippen LogP contribution in [0.4, 0.5) is 5.69 Å². The minimum Gasteiger partial charge on any atom is -0.488 e. The zero-order valence-electron chi connectivity index (χ0n) is 10.5. The van der Waals surface area contributed by atoms with E-state index in [-0.39, 0.29) is 23.6 Å². The summed E-state index contributed by atoms with van der Waals surface area (Å²) >= 11 is 0. The largest absolute Gasteiger partial charge is 0.488 e. The topological polar surface area (TPSA) is 96.3 Å². The quantitative estimate of drug-likeness (QED) is 0.830. The van der Waals surface area contributed by atoms with Gasteiger partial charge in [-0.1, -0.05) is 18.2 Å². The third-order valence-electron chi connectivity index (χ3n) is 2.75. The van der Waals surface area contributed by atoms with Gasteiger partial charge < -0.3 is 15.6 Å². The van der Waals surface area contributed by atoms with Crippen molar-refractivity contribution in [2.45, 2.75) is 6.61 Å². The van der Waals surface area contributed by atoms with E-state index >= 15 is 0 Å². The molecule has 0 atom stereocenters. The van der Waals surface area contributed by atoms with Crippen LogP contribution in [0.1, 0.15) is 21.5 Å². The van der Waals surface area contributed by atoms with Crippen molar-refractivity contribution in [3.05, 3.63) is 59.2 Å². The molecule has 0 unspecified atom stereocenters. The van der Waals surface area contributed by atoms with Gasteiger partial charge in [-0.25, -0.2) is 4.79 Å². The average molecular weight is 268 g/mol. The van der Waals surface area contributed by atoms with Gasteiger partial charge in [-0.15, -0.1) is 0 Å². The number of aromatic carboxylic acids is 1. The number of nitrogens with two attached hydrogens (primary N) is 1. The second-order valence-electron chi connectivity index (χ2n) is 4.12. The summed E-state index contributed by atoms with van der Waals surface area (Å²) in [5.41, 5.74) is 7.15. The van der Waals surface area contributed by atoms with Crippen LogP contribution < -0.4 is 10.5 Å². The normalized spacial score (nSPS) is 9.75. The summed E-state index contributed by atoms with van der Waals surface area (Å²) in [6.07, 6.45) is 0. The van der Waals surface area contributed by atoms with E-state index in [4.69, 9.17) is 20.8 Å². The first-order valence-corrected chi connectivity index (χ1v) is 5.85. The molecule has 3 N–H and O–H groups in total. The highest BCUT2D eigenvalue weighted by atomic mass is 16.5. The number of carbonyl (C=O) groups is 1. The molecule has 0 fully saturated rings. The second-order valence-corrected chi connectivity index (χ2v) is 4.12. The Labute approximate surface area is 115 Å². The lowest BCUT2D eigenvalue weighted by Gasteiger charge is -2.10. The fourth-order valence-corrected chi connectivity index (χ4v) is 1.73. The maximum absolute atomic E-state index is 11.1. The van der Waals surface area contributed by atoms with Crippen LogP contribution in [0.25, 0.3) is 0 Å². The Morgan fingerprint density at radius 2 is 1.95 bits per heavy atom. The number of nitrogen functional groups attached to an aromatic ring is 1. The van der Waals surface area contributed by atoms with Crippen LogP contribution in [-0.4, -0.2) is 11.1 Å². The predicted octanol–water partition coefficient (Wildman–Crippen LogP) is 2.42. The molecule has 0 aliphatic carbocycles. The smallest absolute Gasteiger partial charge is 0.341 e. The Bertz CT molecular complexity index is 673. The Morgan fingerprint density at radius 1 is 1.25 bits per heavy atom. The molecular weight excluding hydrogens is 256 g/mol. The minimum atomic E-state index is -1.13. The molecular formula is C15H12N2O3. The van der Waals surface area contributed by atoms with Gasteiger partial charge in [0.15, 0.2) is 0 Å². The van der Waals surface area contributed by atoms with Crippen LogP contribution in [-0.2, 0) is 6.61 Å². The highest BCUT2D eigenvalue weighted by Crippen LogP contribution is 2.25. The zero-order valence-corrected chi connectivity index (χ0v) is 10.5. The molecule has 2 aromatic carbocycles. The molecule has 0 heterocycles. The average Bonchev–Trinajstić information content (AvgIpc) is 2.45. The number of benzene rings is 2. The lowest BCUT2D eigenvalue weighted by Crippen LogP contribution is -2.06. The van der Waals surface area contributed by atoms with E-state index in [0.29, 0.717) is 5.56 Å². The first kappa shape index (κ1) is 13.4. The fourth-order valence-electron chi connectivity index (χ4n) is 1.73. The van der Waals surface area contributed by atoms with Crippen molar-refractivity contribution in [1.82, 2.24) is 0 Å². The van der Waals surface area contributed by atoms with E-state index in [1.165, 1.54) is 6.07 Å². The van der Waals surface area contributed by atoms with Crippen molar-refractivity contribution in [2.24, 2.45) is 0 Å². The lowest BCUT2D eigenvalue weighted by atomic mass is 10.1. The van der Waals surface area contributed by atoms with Gasteiger partial charge in [0.25, 0.3) is 0 Å². The Balaban J connectivity index is 2.16. The van der Waals surface area contributed by atoms with E-state index < -0.39 is 5.97 Å². The summed E-state index contributed by atoms with van der Waals surface area (Å²) in [5.74, 6) is -0.903. The van der Waals surface area contributed by atoms with Gasteiger partial charge in [0.05, 0.1) is 11.6 Å². The van der Waals surface area contributed by atoms with Crippen LogP contribution in [0, 0.1) is 11.3 Å². The summed E-state index contributed by atoms with van der Waals surface area (Å²) in [6.45, 7) is 0.204. The molecule has 0 radical (unpaired) electrons. The van der Waals surface area contributed by atoms with Crippen molar-refractivity contribution < 1.29 is 14.6 Å². The molecule has 0 amide bonds. The SMILES string of the molecule is N#Cc1ccc(COc2cccc(N)c2C(=O)O)cc1. The number of hydrogen-bond donors (Lipinski definition) is 2. The van der Waals surface area contributed by atoms with Gasteiger partial charge >= 0.3 is 5.97 Å². The number of nitrogens with zero attached hydrogens (tertiary/aromatic N) is 1. The van der Waals surface area contributed by atoms with E-state index in [1.54, 1.807) is 36.4 Å². The molecule has 0 spiro atoms. The van der Waals surface area contributed by atoms with Gasteiger partial charge in [0, 0.05) is 5.69 Å². The van der Waals surface area contributed by atoms with Crippen LogP contribution in [0.3, 0.4) is 0 Å². The molecule has 0 aliphatic heterocycles. The number of carboxylic acids is 1. The standard InChI is InChI=1S/C15H12N2O3/c16-8-10-4-6-11(7-5-10)9-20-13-3-1-2-12(17)14(13)15(18)19/h1-7H,9,17H2,(H,18,19). The van der Waals surface area contributed by atoms with Crippen molar-refractivity contribution >= 4 is 11.7 Å².